The van der Waals surface area contributed by atoms with Crippen molar-refractivity contribution in [2.45, 2.75) is 12.5 Å². The van der Waals surface area contributed by atoms with Gasteiger partial charge in [0.2, 0.25) is 5.91 Å². The molecule has 0 radical (unpaired) electrons. The Bertz CT molecular complexity index is 481. The molecular weight excluding hydrogens is 226 g/mol. The van der Waals surface area contributed by atoms with Crippen LogP contribution in [0.5, 0.6) is 0 Å². The second kappa shape index (κ2) is 4.12. The third-order valence-electron chi connectivity index (χ3n) is 2.53. The lowest BCUT2D eigenvalue weighted by Gasteiger charge is -2.17. The maximum atomic E-state index is 11.7. The van der Waals surface area contributed by atoms with Crippen LogP contribution in [-0.2, 0) is 4.79 Å². The van der Waals surface area contributed by atoms with Crippen molar-refractivity contribution >= 4 is 23.2 Å². The Hall–Kier alpha value is -1.57. The number of amides is 1. The summed E-state index contributed by atoms with van der Waals surface area (Å²) in [6.45, 7) is 0.438. The van der Waals surface area contributed by atoms with Crippen molar-refractivity contribution in [1.29, 1.82) is 5.26 Å². The molecule has 1 aliphatic rings. The average Bonchev–Trinajstić information content (AvgIpc) is 2.57. The molecule has 5 heteroatoms. The first kappa shape index (κ1) is 10.9. The van der Waals surface area contributed by atoms with E-state index in [1.54, 1.807) is 18.2 Å². The number of rotatable bonds is 1. The van der Waals surface area contributed by atoms with Crippen molar-refractivity contribution in [3.63, 3.8) is 0 Å². The predicted molar refractivity (Wildman–Crippen MR) is 61.1 cm³/mol. The molecule has 0 aliphatic carbocycles. The lowest BCUT2D eigenvalue weighted by atomic mass is 10.2. The van der Waals surface area contributed by atoms with Gasteiger partial charge in [-0.25, -0.2) is 0 Å². The number of anilines is 1. The second-order valence-corrected chi connectivity index (χ2v) is 4.18. The smallest absolute Gasteiger partial charge is 0.228 e. The molecule has 0 saturated carbocycles. The number of carbonyl (C=O) groups excluding carboxylic acids is 1. The molecule has 2 N–H and O–H groups in total. The normalized spacial score (nSPS) is 19.9. The first-order valence-electron chi connectivity index (χ1n) is 4.87. The Kier molecular flexibility index (Phi) is 2.82. The van der Waals surface area contributed by atoms with Gasteiger partial charge in [0, 0.05) is 24.0 Å². The molecule has 1 unspecified atom stereocenters. The Labute approximate surface area is 98.2 Å². The SMILES string of the molecule is N#Cc1ccc(Cl)cc1N1CC(N)CC1=O. The molecule has 1 fully saturated rings. The number of hydrogen-bond acceptors (Lipinski definition) is 3. The van der Waals surface area contributed by atoms with E-state index in [4.69, 9.17) is 22.6 Å². The summed E-state index contributed by atoms with van der Waals surface area (Å²) in [4.78, 5) is 13.2. The number of nitrogens with two attached hydrogens (primary N) is 1. The van der Waals surface area contributed by atoms with Gasteiger partial charge in [-0.2, -0.15) is 5.26 Å². The molecule has 4 nitrogen and oxygen atoms in total. The fourth-order valence-corrected chi connectivity index (χ4v) is 1.96. The molecule has 82 valence electrons. The van der Waals surface area contributed by atoms with Crippen LogP contribution in [0.2, 0.25) is 5.02 Å². The van der Waals surface area contributed by atoms with Crippen LogP contribution >= 0.6 is 11.6 Å². The number of nitrogens with zero attached hydrogens (tertiary/aromatic N) is 2. The lowest BCUT2D eigenvalue weighted by molar-refractivity contribution is -0.117. The molecule has 1 saturated heterocycles. The van der Waals surface area contributed by atoms with Crippen molar-refractivity contribution in [2.24, 2.45) is 5.73 Å². The van der Waals surface area contributed by atoms with E-state index in [1.807, 2.05) is 6.07 Å². The molecule has 0 aromatic heterocycles. The van der Waals surface area contributed by atoms with Crippen molar-refractivity contribution in [3.05, 3.63) is 28.8 Å². The van der Waals surface area contributed by atoms with Gasteiger partial charge < -0.3 is 10.6 Å². The Balaban J connectivity index is 2.44. The Morgan fingerprint density at radius 1 is 1.56 bits per heavy atom. The van der Waals surface area contributed by atoms with E-state index < -0.39 is 0 Å². The summed E-state index contributed by atoms with van der Waals surface area (Å²) >= 11 is 5.86. The van der Waals surface area contributed by atoms with E-state index in [9.17, 15) is 4.79 Å². The largest absolute Gasteiger partial charge is 0.326 e. The fourth-order valence-electron chi connectivity index (χ4n) is 1.79. The minimum atomic E-state index is -0.168. The van der Waals surface area contributed by atoms with Gasteiger partial charge in [0.15, 0.2) is 0 Å². The summed E-state index contributed by atoms with van der Waals surface area (Å²) in [7, 11) is 0. The Morgan fingerprint density at radius 3 is 2.88 bits per heavy atom. The van der Waals surface area contributed by atoms with Gasteiger partial charge in [-0.3, -0.25) is 4.79 Å². The van der Waals surface area contributed by atoms with Crippen LogP contribution in [0, 0.1) is 11.3 Å². The van der Waals surface area contributed by atoms with E-state index in [2.05, 4.69) is 0 Å². The summed E-state index contributed by atoms with van der Waals surface area (Å²) in [6, 6.07) is 6.73. The summed E-state index contributed by atoms with van der Waals surface area (Å²) in [5.74, 6) is -0.0636. The van der Waals surface area contributed by atoms with Gasteiger partial charge in [0.1, 0.15) is 6.07 Å². The summed E-state index contributed by atoms with van der Waals surface area (Å²) < 4.78 is 0. The molecule has 1 aromatic carbocycles. The average molecular weight is 236 g/mol. The lowest BCUT2D eigenvalue weighted by Crippen LogP contribution is -2.28. The number of carbonyl (C=O) groups is 1. The zero-order valence-electron chi connectivity index (χ0n) is 8.48. The summed E-state index contributed by atoms with van der Waals surface area (Å²) in [5.41, 5.74) is 6.69. The first-order chi connectivity index (χ1) is 7.61. The van der Waals surface area contributed by atoms with E-state index >= 15 is 0 Å². The molecule has 1 atom stereocenters. The highest BCUT2D eigenvalue weighted by atomic mass is 35.5. The molecule has 16 heavy (non-hydrogen) atoms. The number of hydrogen-bond donors (Lipinski definition) is 1. The first-order valence-corrected chi connectivity index (χ1v) is 5.25. The summed E-state index contributed by atoms with van der Waals surface area (Å²) in [6.07, 6.45) is 0.317. The third-order valence-corrected chi connectivity index (χ3v) is 2.76. The zero-order chi connectivity index (χ0) is 11.7. The Morgan fingerprint density at radius 2 is 2.31 bits per heavy atom. The van der Waals surface area contributed by atoms with Crippen LogP contribution in [0.15, 0.2) is 18.2 Å². The van der Waals surface area contributed by atoms with E-state index in [1.165, 1.54) is 4.90 Å². The van der Waals surface area contributed by atoms with Crippen LogP contribution in [0.4, 0.5) is 5.69 Å². The predicted octanol–water partition coefficient (Wildman–Crippen LogP) is 1.28. The van der Waals surface area contributed by atoms with Crippen LogP contribution in [0.25, 0.3) is 0 Å². The van der Waals surface area contributed by atoms with E-state index in [0.717, 1.165) is 0 Å². The van der Waals surface area contributed by atoms with Crippen LogP contribution in [0.3, 0.4) is 0 Å². The third kappa shape index (κ3) is 1.87. The van der Waals surface area contributed by atoms with Crippen molar-refractivity contribution < 1.29 is 4.79 Å². The molecular formula is C11H10ClN3O. The standard InChI is InChI=1S/C11H10ClN3O/c12-8-2-1-7(5-13)10(3-8)15-6-9(14)4-11(15)16/h1-3,9H,4,6,14H2. The highest BCUT2D eigenvalue weighted by Crippen LogP contribution is 2.27. The van der Waals surface area contributed by atoms with Gasteiger partial charge in [0.05, 0.1) is 11.3 Å². The maximum Gasteiger partial charge on any atom is 0.228 e. The molecule has 0 spiro atoms. The number of benzene rings is 1. The molecule has 1 aromatic rings. The molecule has 1 heterocycles. The van der Waals surface area contributed by atoms with Crippen LogP contribution in [-0.4, -0.2) is 18.5 Å². The molecule has 2 rings (SSSR count). The monoisotopic (exact) mass is 235 g/mol. The van der Waals surface area contributed by atoms with Gasteiger partial charge in [-0.05, 0) is 18.2 Å². The highest BCUT2D eigenvalue weighted by molar-refractivity contribution is 6.31. The number of halogens is 1. The van der Waals surface area contributed by atoms with Crippen molar-refractivity contribution in [1.82, 2.24) is 0 Å². The second-order valence-electron chi connectivity index (χ2n) is 3.74. The molecule has 1 aliphatic heterocycles. The minimum Gasteiger partial charge on any atom is -0.326 e. The minimum absolute atomic E-state index is 0.0636. The maximum absolute atomic E-state index is 11.7. The van der Waals surface area contributed by atoms with Crippen LogP contribution in [0.1, 0.15) is 12.0 Å². The van der Waals surface area contributed by atoms with Crippen molar-refractivity contribution in [2.75, 3.05) is 11.4 Å². The quantitative estimate of drug-likeness (QED) is 0.797. The molecule has 0 bridgehead atoms. The fraction of sp³-hybridized carbons (Fsp3) is 0.273. The van der Waals surface area contributed by atoms with E-state index in [-0.39, 0.29) is 11.9 Å². The van der Waals surface area contributed by atoms with Gasteiger partial charge in [-0.1, -0.05) is 11.6 Å². The molecule has 1 amide bonds. The van der Waals surface area contributed by atoms with Gasteiger partial charge in [0.25, 0.3) is 0 Å². The highest BCUT2D eigenvalue weighted by Gasteiger charge is 2.29. The van der Waals surface area contributed by atoms with Crippen molar-refractivity contribution in [3.8, 4) is 6.07 Å². The number of nitriles is 1. The topological polar surface area (TPSA) is 70.1 Å². The summed E-state index contributed by atoms with van der Waals surface area (Å²) in [5, 5.41) is 9.46. The van der Waals surface area contributed by atoms with E-state index in [0.29, 0.717) is 29.2 Å². The zero-order valence-corrected chi connectivity index (χ0v) is 9.24. The van der Waals surface area contributed by atoms with Crippen LogP contribution < -0.4 is 10.6 Å². The van der Waals surface area contributed by atoms with Gasteiger partial charge >= 0.3 is 0 Å². The van der Waals surface area contributed by atoms with Gasteiger partial charge in [-0.15, -0.1) is 0 Å².